The summed E-state index contributed by atoms with van der Waals surface area (Å²) in [5, 5.41) is 0.503. The number of pyridine rings is 1. The van der Waals surface area contributed by atoms with E-state index in [1.807, 2.05) is 0 Å². The second kappa shape index (κ2) is 9.34. The topological polar surface area (TPSA) is 57.5 Å². The summed E-state index contributed by atoms with van der Waals surface area (Å²) in [6, 6.07) is 15.7. The van der Waals surface area contributed by atoms with E-state index in [1.165, 1.54) is 41.1 Å². The quantitative estimate of drug-likeness (QED) is 0.529. The zero-order chi connectivity index (χ0) is 20.8. The summed E-state index contributed by atoms with van der Waals surface area (Å²) in [4.78, 5) is 24.5. The van der Waals surface area contributed by atoms with Gasteiger partial charge >= 0.3 is 12.6 Å². The fourth-order valence-corrected chi connectivity index (χ4v) is 2.84. The standard InChI is InChI=1S/C21H16ClF2NO4/c22-17-7-3-1-5-14(17)11-25-12-15(9-10-19(25)26)20(27)28-13-16-6-2-4-8-18(16)29-21(23)24/h1-10,12,21H,11,13H2. The molecule has 0 amide bonds. The van der Waals surface area contributed by atoms with Gasteiger partial charge in [-0.05, 0) is 23.8 Å². The summed E-state index contributed by atoms with van der Waals surface area (Å²) in [6.45, 7) is -3.06. The first-order valence-electron chi connectivity index (χ1n) is 8.58. The van der Waals surface area contributed by atoms with Crippen LogP contribution in [0.3, 0.4) is 0 Å². The van der Waals surface area contributed by atoms with Crippen LogP contribution in [0.4, 0.5) is 8.78 Å². The molecule has 0 aliphatic heterocycles. The van der Waals surface area contributed by atoms with Gasteiger partial charge in [0.1, 0.15) is 12.4 Å². The molecule has 0 saturated carbocycles. The number of carbonyl (C=O) groups excluding carboxylic acids is 1. The van der Waals surface area contributed by atoms with Gasteiger partial charge in [-0.1, -0.05) is 48.0 Å². The van der Waals surface area contributed by atoms with Crippen LogP contribution >= 0.6 is 11.6 Å². The number of ether oxygens (including phenoxy) is 2. The highest BCUT2D eigenvalue weighted by atomic mass is 35.5. The van der Waals surface area contributed by atoms with Crippen molar-refractivity contribution in [2.24, 2.45) is 0 Å². The van der Waals surface area contributed by atoms with Gasteiger partial charge in [0.15, 0.2) is 0 Å². The highest BCUT2D eigenvalue weighted by Gasteiger charge is 2.14. The second-order valence-electron chi connectivity index (χ2n) is 6.04. The van der Waals surface area contributed by atoms with Crippen molar-refractivity contribution in [1.29, 1.82) is 0 Å². The average molecular weight is 420 g/mol. The largest absolute Gasteiger partial charge is 0.457 e. The lowest BCUT2D eigenvalue weighted by Crippen LogP contribution is -2.21. The Balaban J connectivity index is 1.74. The van der Waals surface area contributed by atoms with E-state index < -0.39 is 12.6 Å². The molecule has 0 unspecified atom stereocenters. The van der Waals surface area contributed by atoms with Crippen molar-refractivity contribution in [2.45, 2.75) is 19.8 Å². The lowest BCUT2D eigenvalue weighted by molar-refractivity contribution is -0.0510. The third kappa shape index (κ3) is 5.42. The summed E-state index contributed by atoms with van der Waals surface area (Å²) in [6.07, 6.45) is 1.37. The number of carbonyl (C=O) groups is 1. The molecule has 150 valence electrons. The van der Waals surface area contributed by atoms with Crippen molar-refractivity contribution in [3.05, 3.63) is 98.9 Å². The van der Waals surface area contributed by atoms with Crippen LogP contribution in [0.15, 0.2) is 71.7 Å². The van der Waals surface area contributed by atoms with E-state index >= 15 is 0 Å². The van der Waals surface area contributed by atoms with Gasteiger partial charge in [0.2, 0.25) is 0 Å². The summed E-state index contributed by atoms with van der Waals surface area (Å²) in [5.74, 6) is -0.774. The third-order valence-electron chi connectivity index (χ3n) is 4.07. The molecule has 29 heavy (non-hydrogen) atoms. The first kappa shape index (κ1) is 20.5. The summed E-state index contributed by atoms with van der Waals surface area (Å²) in [7, 11) is 0. The minimum absolute atomic E-state index is 0.0704. The fraction of sp³-hybridized carbons (Fsp3) is 0.143. The highest BCUT2D eigenvalue weighted by molar-refractivity contribution is 6.31. The van der Waals surface area contributed by atoms with E-state index in [2.05, 4.69) is 4.74 Å². The lowest BCUT2D eigenvalue weighted by atomic mass is 10.2. The van der Waals surface area contributed by atoms with E-state index in [4.69, 9.17) is 16.3 Å². The van der Waals surface area contributed by atoms with Crippen LogP contribution in [-0.2, 0) is 17.9 Å². The Bertz CT molecular complexity index is 1070. The van der Waals surface area contributed by atoms with Crippen molar-refractivity contribution in [3.63, 3.8) is 0 Å². The van der Waals surface area contributed by atoms with Crippen molar-refractivity contribution in [1.82, 2.24) is 4.57 Å². The molecule has 3 rings (SSSR count). The monoisotopic (exact) mass is 419 g/mol. The molecule has 1 heterocycles. The number of halogens is 3. The Morgan fingerprint density at radius 3 is 2.41 bits per heavy atom. The van der Waals surface area contributed by atoms with Crippen molar-refractivity contribution in [3.8, 4) is 5.75 Å². The molecular formula is C21H16ClF2NO4. The minimum atomic E-state index is -2.99. The molecule has 0 aliphatic rings. The molecule has 8 heteroatoms. The normalized spacial score (nSPS) is 10.8. The van der Waals surface area contributed by atoms with Crippen LogP contribution in [0.25, 0.3) is 0 Å². The number of alkyl halides is 2. The molecule has 0 spiro atoms. The van der Waals surface area contributed by atoms with Gasteiger partial charge in [-0.15, -0.1) is 0 Å². The second-order valence-corrected chi connectivity index (χ2v) is 6.44. The Morgan fingerprint density at radius 2 is 1.69 bits per heavy atom. The molecule has 0 aliphatic carbocycles. The zero-order valence-electron chi connectivity index (χ0n) is 15.1. The summed E-state index contributed by atoms with van der Waals surface area (Å²) < 4.78 is 35.9. The zero-order valence-corrected chi connectivity index (χ0v) is 15.8. The number of nitrogens with zero attached hydrogens (tertiary/aromatic N) is 1. The smallest absolute Gasteiger partial charge is 0.387 e. The predicted octanol–water partition coefficient (Wildman–Crippen LogP) is 4.51. The number of para-hydroxylation sites is 1. The molecule has 3 aromatic rings. The molecule has 5 nitrogen and oxygen atoms in total. The maximum atomic E-state index is 12.5. The maximum absolute atomic E-state index is 12.5. The molecule has 1 aromatic heterocycles. The average Bonchev–Trinajstić information content (AvgIpc) is 2.70. The first-order chi connectivity index (χ1) is 13.9. The molecule has 0 radical (unpaired) electrons. The molecule has 0 atom stereocenters. The van der Waals surface area contributed by atoms with Crippen LogP contribution in [0.2, 0.25) is 5.02 Å². The SMILES string of the molecule is O=C(OCc1ccccc1OC(F)F)c1ccc(=O)n(Cc2ccccc2Cl)c1. The Kier molecular flexibility index (Phi) is 6.61. The number of rotatable bonds is 7. The van der Waals surface area contributed by atoms with Gasteiger partial charge < -0.3 is 14.0 Å². The van der Waals surface area contributed by atoms with Crippen LogP contribution in [-0.4, -0.2) is 17.1 Å². The van der Waals surface area contributed by atoms with Crippen LogP contribution in [0.5, 0.6) is 5.75 Å². The number of aromatic nitrogens is 1. The van der Waals surface area contributed by atoms with Crippen molar-refractivity contribution >= 4 is 17.6 Å². The number of hydrogen-bond donors (Lipinski definition) is 0. The van der Waals surface area contributed by atoms with E-state index in [-0.39, 0.29) is 30.0 Å². The number of benzene rings is 2. The summed E-state index contributed by atoms with van der Waals surface area (Å²) >= 11 is 6.12. The van der Waals surface area contributed by atoms with Gasteiger partial charge in [-0.2, -0.15) is 8.78 Å². The van der Waals surface area contributed by atoms with E-state index in [0.29, 0.717) is 10.6 Å². The Hall–Kier alpha value is -3.19. The van der Waals surface area contributed by atoms with Crippen LogP contribution in [0.1, 0.15) is 21.5 Å². The number of esters is 1. The summed E-state index contributed by atoms with van der Waals surface area (Å²) in [5.41, 5.74) is 0.853. The van der Waals surface area contributed by atoms with Gasteiger partial charge in [-0.25, -0.2) is 4.79 Å². The molecule has 0 fully saturated rings. The fourth-order valence-electron chi connectivity index (χ4n) is 2.65. The van der Waals surface area contributed by atoms with Crippen LogP contribution < -0.4 is 10.3 Å². The van der Waals surface area contributed by atoms with Crippen molar-refractivity contribution in [2.75, 3.05) is 0 Å². The minimum Gasteiger partial charge on any atom is -0.457 e. The lowest BCUT2D eigenvalue weighted by Gasteiger charge is -2.12. The number of hydrogen-bond acceptors (Lipinski definition) is 4. The van der Waals surface area contributed by atoms with Crippen molar-refractivity contribution < 1.29 is 23.0 Å². The van der Waals surface area contributed by atoms with E-state index in [0.717, 1.165) is 5.56 Å². The third-order valence-corrected chi connectivity index (χ3v) is 4.43. The Morgan fingerprint density at radius 1 is 1.00 bits per heavy atom. The molecular weight excluding hydrogens is 404 g/mol. The first-order valence-corrected chi connectivity index (χ1v) is 8.95. The molecule has 0 N–H and O–H groups in total. The van der Waals surface area contributed by atoms with Crippen LogP contribution in [0, 0.1) is 0 Å². The van der Waals surface area contributed by atoms with E-state index in [9.17, 15) is 18.4 Å². The molecule has 0 bridgehead atoms. The molecule has 2 aromatic carbocycles. The maximum Gasteiger partial charge on any atom is 0.387 e. The Labute approximate surface area is 170 Å². The van der Waals surface area contributed by atoms with Gasteiger partial charge in [0, 0.05) is 22.8 Å². The predicted molar refractivity (Wildman–Crippen MR) is 103 cm³/mol. The van der Waals surface area contributed by atoms with Gasteiger partial charge in [0.05, 0.1) is 12.1 Å². The van der Waals surface area contributed by atoms with E-state index in [1.54, 1.807) is 30.3 Å². The van der Waals surface area contributed by atoms with Gasteiger partial charge in [-0.3, -0.25) is 4.79 Å². The van der Waals surface area contributed by atoms with Gasteiger partial charge in [0.25, 0.3) is 5.56 Å². The molecule has 0 saturated heterocycles. The highest BCUT2D eigenvalue weighted by Crippen LogP contribution is 2.21.